The third kappa shape index (κ3) is 4.65. The Morgan fingerprint density at radius 3 is 2.50 bits per heavy atom. The number of aryl methyl sites for hydroxylation is 1. The van der Waals surface area contributed by atoms with Crippen molar-refractivity contribution < 1.29 is 9.59 Å². The average molecular weight is 425 g/mol. The molecule has 2 amide bonds. The quantitative estimate of drug-likeness (QED) is 0.683. The minimum Gasteiger partial charge on any atom is -0.339 e. The summed E-state index contributed by atoms with van der Waals surface area (Å²) in [4.78, 5) is 35.3. The van der Waals surface area contributed by atoms with Crippen molar-refractivity contribution in [3.8, 4) is 6.07 Å². The summed E-state index contributed by atoms with van der Waals surface area (Å²) in [6.45, 7) is 3.21. The summed E-state index contributed by atoms with van der Waals surface area (Å²) in [6, 6.07) is 15.2. The SMILES string of the molecule is Cc1ccc(C(=O)N2CCC(c3ccc(C#N)cc3)CC2)cc1NC(=O)c1cnccn1. The van der Waals surface area contributed by atoms with E-state index in [4.69, 9.17) is 5.26 Å². The summed E-state index contributed by atoms with van der Waals surface area (Å²) in [5.41, 5.74) is 4.07. The zero-order valence-corrected chi connectivity index (χ0v) is 17.8. The molecule has 0 atom stereocenters. The van der Waals surface area contributed by atoms with Crippen LogP contribution in [-0.4, -0.2) is 39.8 Å². The number of hydrogen-bond acceptors (Lipinski definition) is 5. The van der Waals surface area contributed by atoms with Crippen LogP contribution in [0.3, 0.4) is 0 Å². The summed E-state index contributed by atoms with van der Waals surface area (Å²) in [7, 11) is 0. The van der Waals surface area contributed by atoms with Crippen molar-refractivity contribution in [2.45, 2.75) is 25.7 Å². The molecule has 1 aromatic heterocycles. The van der Waals surface area contributed by atoms with Crippen LogP contribution in [0.15, 0.2) is 61.1 Å². The highest BCUT2D eigenvalue weighted by molar-refractivity contribution is 6.04. The molecule has 0 unspecified atom stereocenters. The fourth-order valence-electron chi connectivity index (χ4n) is 3.92. The topological polar surface area (TPSA) is 99.0 Å². The van der Waals surface area contributed by atoms with Gasteiger partial charge >= 0.3 is 0 Å². The molecule has 0 bridgehead atoms. The Morgan fingerprint density at radius 2 is 1.84 bits per heavy atom. The minimum absolute atomic E-state index is 0.0433. The van der Waals surface area contributed by atoms with Crippen molar-refractivity contribution in [3.05, 3.63) is 89.0 Å². The lowest BCUT2D eigenvalue weighted by Crippen LogP contribution is -2.38. The van der Waals surface area contributed by atoms with Crippen LogP contribution in [0.4, 0.5) is 5.69 Å². The number of rotatable bonds is 4. The number of aromatic nitrogens is 2. The Labute approximate surface area is 186 Å². The first kappa shape index (κ1) is 21.2. The van der Waals surface area contributed by atoms with Gasteiger partial charge in [-0.05, 0) is 61.1 Å². The minimum atomic E-state index is -0.367. The zero-order chi connectivity index (χ0) is 22.5. The maximum Gasteiger partial charge on any atom is 0.275 e. The summed E-state index contributed by atoms with van der Waals surface area (Å²) in [6.07, 6.45) is 6.12. The highest BCUT2D eigenvalue weighted by Crippen LogP contribution is 2.29. The number of nitrogens with zero attached hydrogens (tertiary/aromatic N) is 4. The first-order valence-electron chi connectivity index (χ1n) is 10.5. The van der Waals surface area contributed by atoms with Crippen LogP contribution in [-0.2, 0) is 0 Å². The van der Waals surface area contributed by atoms with E-state index in [1.807, 2.05) is 42.2 Å². The predicted octanol–water partition coefficient (Wildman–Crippen LogP) is 3.93. The van der Waals surface area contributed by atoms with Gasteiger partial charge in [-0.2, -0.15) is 5.26 Å². The van der Waals surface area contributed by atoms with Crippen LogP contribution < -0.4 is 5.32 Å². The van der Waals surface area contributed by atoms with Gasteiger partial charge in [-0.25, -0.2) is 4.98 Å². The molecule has 160 valence electrons. The van der Waals surface area contributed by atoms with Crippen molar-refractivity contribution >= 4 is 17.5 Å². The second-order valence-electron chi connectivity index (χ2n) is 7.87. The van der Waals surface area contributed by atoms with Gasteiger partial charge in [0.2, 0.25) is 0 Å². The van der Waals surface area contributed by atoms with Crippen molar-refractivity contribution in [1.29, 1.82) is 5.26 Å². The lowest BCUT2D eigenvalue weighted by Gasteiger charge is -2.32. The molecule has 1 saturated heterocycles. The fourth-order valence-corrected chi connectivity index (χ4v) is 3.92. The average Bonchev–Trinajstić information content (AvgIpc) is 2.85. The highest BCUT2D eigenvalue weighted by atomic mass is 16.2. The third-order valence-corrected chi connectivity index (χ3v) is 5.82. The fraction of sp³-hybridized carbons (Fsp3) is 0.240. The van der Waals surface area contributed by atoms with Gasteiger partial charge in [-0.15, -0.1) is 0 Å². The molecule has 1 fully saturated rings. The third-order valence-electron chi connectivity index (χ3n) is 5.82. The molecule has 0 spiro atoms. The molecule has 1 N–H and O–H groups in total. The Morgan fingerprint density at radius 1 is 1.09 bits per heavy atom. The zero-order valence-electron chi connectivity index (χ0n) is 17.8. The molecule has 1 aliphatic rings. The summed E-state index contributed by atoms with van der Waals surface area (Å²) >= 11 is 0. The van der Waals surface area contributed by atoms with E-state index in [-0.39, 0.29) is 17.5 Å². The molecule has 1 aliphatic heterocycles. The number of likely N-dealkylation sites (tertiary alicyclic amines) is 1. The van der Waals surface area contributed by atoms with Crippen LogP contribution in [0.5, 0.6) is 0 Å². The number of carbonyl (C=O) groups excluding carboxylic acids is 2. The van der Waals surface area contributed by atoms with Crippen molar-refractivity contribution in [2.24, 2.45) is 0 Å². The van der Waals surface area contributed by atoms with Crippen LogP contribution >= 0.6 is 0 Å². The number of nitrogens with one attached hydrogen (secondary N) is 1. The summed E-state index contributed by atoms with van der Waals surface area (Å²) in [5, 5.41) is 11.8. The largest absolute Gasteiger partial charge is 0.339 e. The number of piperidine rings is 1. The molecule has 2 aromatic carbocycles. The molecule has 0 radical (unpaired) electrons. The van der Waals surface area contributed by atoms with Gasteiger partial charge in [0.15, 0.2) is 0 Å². The summed E-state index contributed by atoms with van der Waals surface area (Å²) in [5.74, 6) is -0.0287. The standard InChI is InChI=1S/C25H23N5O2/c1-17-2-5-21(14-22(17)29-24(31)23-16-27-10-11-28-23)25(32)30-12-8-20(9-13-30)19-6-3-18(15-26)4-7-19/h2-7,10-11,14,16,20H,8-9,12-13H2,1H3,(H,29,31). The molecule has 32 heavy (non-hydrogen) atoms. The molecule has 7 nitrogen and oxygen atoms in total. The Hall–Kier alpha value is -4.05. The molecule has 0 saturated carbocycles. The number of anilines is 1. The van der Waals surface area contributed by atoms with E-state index in [2.05, 4.69) is 21.4 Å². The van der Waals surface area contributed by atoms with E-state index in [1.54, 1.807) is 12.1 Å². The number of carbonyl (C=O) groups is 2. The van der Waals surface area contributed by atoms with E-state index in [0.29, 0.717) is 35.8 Å². The van der Waals surface area contributed by atoms with E-state index in [9.17, 15) is 9.59 Å². The van der Waals surface area contributed by atoms with Crippen molar-refractivity contribution in [1.82, 2.24) is 14.9 Å². The second-order valence-corrected chi connectivity index (χ2v) is 7.87. The van der Waals surface area contributed by atoms with Crippen LogP contribution in [0, 0.1) is 18.3 Å². The molecule has 2 heterocycles. The second kappa shape index (κ2) is 9.40. The Kier molecular flexibility index (Phi) is 6.22. The van der Waals surface area contributed by atoms with Crippen LogP contribution in [0.1, 0.15) is 56.3 Å². The first-order valence-corrected chi connectivity index (χ1v) is 10.5. The smallest absolute Gasteiger partial charge is 0.275 e. The van der Waals surface area contributed by atoms with Gasteiger partial charge in [0.05, 0.1) is 17.8 Å². The lowest BCUT2D eigenvalue weighted by molar-refractivity contribution is 0.0712. The van der Waals surface area contributed by atoms with E-state index < -0.39 is 0 Å². The summed E-state index contributed by atoms with van der Waals surface area (Å²) < 4.78 is 0. The van der Waals surface area contributed by atoms with Crippen LogP contribution in [0.2, 0.25) is 0 Å². The molecular weight excluding hydrogens is 402 g/mol. The normalized spacial score (nSPS) is 13.9. The molecule has 0 aliphatic carbocycles. The number of hydrogen-bond donors (Lipinski definition) is 1. The molecule has 3 aromatic rings. The highest BCUT2D eigenvalue weighted by Gasteiger charge is 2.25. The van der Waals surface area contributed by atoms with Crippen molar-refractivity contribution in [3.63, 3.8) is 0 Å². The predicted molar refractivity (Wildman–Crippen MR) is 120 cm³/mol. The van der Waals surface area contributed by atoms with Gasteiger partial charge in [0, 0.05) is 36.7 Å². The van der Waals surface area contributed by atoms with Gasteiger partial charge < -0.3 is 10.2 Å². The first-order chi connectivity index (χ1) is 15.5. The van der Waals surface area contributed by atoms with Gasteiger partial charge in [-0.1, -0.05) is 18.2 Å². The monoisotopic (exact) mass is 425 g/mol. The number of benzene rings is 2. The van der Waals surface area contributed by atoms with Gasteiger partial charge in [0.25, 0.3) is 11.8 Å². The lowest BCUT2D eigenvalue weighted by atomic mass is 9.89. The Balaban J connectivity index is 1.42. The van der Waals surface area contributed by atoms with Crippen molar-refractivity contribution in [2.75, 3.05) is 18.4 Å². The van der Waals surface area contributed by atoms with E-state index in [0.717, 1.165) is 18.4 Å². The van der Waals surface area contributed by atoms with E-state index in [1.165, 1.54) is 24.2 Å². The Bertz CT molecular complexity index is 1160. The molecule has 7 heteroatoms. The van der Waals surface area contributed by atoms with E-state index >= 15 is 0 Å². The number of nitriles is 1. The van der Waals surface area contributed by atoms with Gasteiger partial charge in [-0.3, -0.25) is 14.6 Å². The number of amides is 2. The maximum absolute atomic E-state index is 13.1. The van der Waals surface area contributed by atoms with Gasteiger partial charge in [0.1, 0.15) is 5.69 Å². The molecular formula is C25H23N5O2. The van der Waals surface area contributed by atoms with Crippen LogP contribution in [0.25, 0.3) is 0 Å². The maximum atomic E-state index is 13.1. The molecule has 4 rings (SSSR count).